The van der Waals surface area contributed by atoms with Crippen LogP contribution in [0.5, 0.6) is 0 Å². The van der Waals surface area contributed by atoms with E-state index in [1.165, 1.54) is 6.07 Å². The molecule has 1 atom stereocenters. The molecule has 0 aliphatic carbocycles. The van der Waals surface area contributed by atoms with Gasteiger partial charge in [-0.2, -0.15) is 0 Å². The monoisotopic (exact) mass is 373 g/mol. The summed E-state index contributed by atoms with van der Waals surface area (Å²) in [6, 6.07) is 9.57. The van der Waals surface area contributed by atoms with Crippen LogP contribution in [0.15, 0.2) is 40.9 Å². The van der Waals surface area contributed by atoms with E-state index in [9.17, 15) is 8.78 Å². The number of benzene rings is 2. The SMILES string of the molecule is CCNC(Cc1ccc(F)c(F)c1)c1ccc(Cl)cc1Br. The van der Waals surface area contributed by atoms with Crippen LogP contribution < -0.4 is 5.32 Å². The van der Waals surface area contributed by atoms with Crippen molar-refractivity contribution < 1.29 is 8.78 Å². The molecular formula is C16H15BrClF2N. The second kappa shape index (κ2) is 7.34. The molecule has 1 unspecified atom stereocenters. The summed E-state index contributed by atoms with van der Waals surface area (Å²) in [6.07, 6.45) is 0.561. The maximum Gasteiger partial charge on any atom is 0.159 e. The lowest BCUT2D eigenvalue weighted by atomic mass is 9.98. The van der Waals surface area contributed by atoms with Crippen LogP contribution in [0.3, 0.4) is 0 Å². The zero-order valence-electron chi connectivity index (χ0n) is 11.5. The van der Waals surface area contributed by atoms with Crippen LogP contribution >= 0.6 is 27.5 Å². The quantitative estimate of drug-likeness (QED) is 0.751. The average molecular weight is 375 g/mol. The molecule has 0 saturated heterocycles. The van der Waals surface area contributed by atoms with Gasteiger partial charge in [-0.3, -0.25) is 0 Å². The highest BCUT2D eigenvalue weighted by Gasteiger charge is 2.15. The van der Waals surface area contributed by atoms with E-state index in [1.54, 1.807) is 6.07 Å². The van der Waals surface area contributed by atoms with Gasteiger partial charge in [-0.15, -0.1) is 0 Å². The van der Waals surface area contributed by atoms with Crippen LogP contribution in [0.1, 0.15) is 24.1 Å². The minimum absolute atomic E-state index is 0.00787. The van der Waals surface area contributed by atoms with E-state index in [1.807, 2.05) is 25.1 Å². The van der Waals surface area contributed by atoms with Crippen LogP contribution in [0.25, 0.3) is 0 Å². The first-order chi connectivity index (χ1) is 10.0. The van der Waals surface area contributed by atoms with Crippen molar-refractivity contribution in [1.29, 1.82) is 0 Å². The molecule has 0 aromatic heterocycles. The normalized spacial score (nSPS) is 12.4. The second-order valence-electron chi connectivity index (χ2n) is 4.73. The maximum atomic E-state index is 13.3. The van der Waals surface area contributed by atoms with Crippen molar-refractivity contribution in [2.24, 2.45) is 0 Å². The summed E-state index contributed by atoms with van der Waals surface area (Å²) >= 11 is 9.45. The molecule has 2 aromatic carbocycles. The van der Waals surface area contributed by atoms with E-state index in [4.69, 9.17) is 11.6 Å². The Morgan fingerprint density at radius 1 is 1.14 bits per heavy atom. The molecule has 0 aliphatic rings. The molecule has 0 saturated carbocycles. The zero-order chi connectivity index (χ0) is 15.4. The molecule has 0 bridgehead atoms. The molecule has 0 aliphatic heterocycles. The third-order valence-corrected chi connectivity index (χ3v) is 4.13. The molecule has 112 valence electrons. The van der Waals surface area contributed by atoms with Gasteiger partial charge in [0, 0.05) is 15.5 Å². The smallest absolute Gasteiger partial charge is 0.159 e. The number of rotatable bonds is 5. The van der Waals surface area contributed by atoms with Crippen molar-refractivity contribution in [3.05, 3.63) is 68.7 Å². The molecule has 2 rings (SSSR count). The first kappa shape index (κ1) is 16.4. The van der Waals surface area contributed by atoms with Gasteiger partial charge in [0.2, 0.25) is 0 Å². The van der Waals surface area contributed by atoms with Gasteiger partial charge in [0.25, 0.3) is 0 Å². The Labute approximate surface area is 136 Å². The van der Waals surface area contributed by atoms with E-state index in [0.717, 1.165) is 28.2 Å². The average Bonchev–Trinajstić information content (AvgIpc) is 2.42. The minimum Gasteiger partial charge on any atom is -0.310 e. The summed E-state index contributed by atoms with van der Waals surface area (Å²) in [5.74, 6) is -1.65. The Bertz CT molecular complexity index is 634. The summed E-state index contributed by atoms with van der Waals surface area (Å²) in [6.45, 7) is 2.77. The highest BCUT2D eigenvalue weighted by molar-refractivity contribution is 9.10. The molecule has 0 heterocycles. The Morgan fingerprint density at radius 3 is 2.52 bits per heavy atom. The van der Waals surface area contributed by atoms with Gasteiger partial charge in [0.05, 0.1) is 0 Å². The molecule has 1 nitrogen and oxygen atoms in total. The van der Waals surface area contributed by atoms with E-state index >= 15 is 0 Å². The molecule has 0 amide bonds. The minimum atomic E-state index is -0.827. The predicted molar refractivity (Wildman–Crippen MR) is 85.6 cm³/mol. The van der Waals surface area contributed by atoms with Crippen molar-refractivity contribution in [2.75, 3.05) is 6.54 Å². The van der Waals surface area contributed by atoms with Gasteiger partial charge in [0.15, 0.2) is 11.6 Å². The Hall–Kier alpha value is -0.970. The van der Waals surface area contributed by atoms with Crippen molar-refractivity contribution in [2.45, 2.75) is 19.4 Å². The predicted octanol–water partition coefficient (Wildman–Crippen LogP) is 5.27. The van der Waals surface area contributed by atoms with Crippen LogP contribution in [0.4, 0.5) is 8.78 Å². The lowest BCUT2D eigenvalue weighted by Crippen LogP contribution is -2.23. The Morgan fingerprint density at radius 2 is 1.90 bits per heavy atom. The fourth-order valence-corrected chi connectivity index (χ4v) is 3.18. The Kier molecular flexibility index (Phi) is 5.73. The van der Waals surface area contributed by atoms with Crippen LogP contribution in [-0.4, -0.2) is 6.54 Å². The number of halogens is 4. The molecule has 0 spiro atoms. The molecule has 0 fully saturated rings. The third kappa shape index (κ3) is 4.25. The van der Waals surface area contributed by atoms with Gasteiger partial charge in [0.1, 0.15) is 0 Å². The first-order valence-corrected chi connectivity index (χ1v) is 7.80. The van der Waals surface area contributed by atoms with E-state index < -0.39 is 11.6 Å². The van der Waals surface area contributed by atoms with E-state index in [2.05, 4.69) is 21.2 Å². The molecule has 0 radical (unpaired) electrons. The van der Waals surface area contributed by atoms with Gasteiger partial charge in [-0.25, -0.2) is 8.78 Å². The molecule has 2 aromatic rings. The highest BCUT2D eigenvalue weighted by atomic mass is 79.9. The molecule has 5 heteroatoms. The van der Waals surface area contributed by atoms with Gasteiger partial charge in [-0.1, -0.05) is 46.6 Å². The summed E-state index contributed by atoms with van der Waals surface area (Å²) in [4.78, 5) is 0. The standard InChI is InChI=1S/C16H15BrClF2N/c1-2-21-16(12-5-4-11(18)9-13(12)17)8-10-3-6-14(19)15(20)7-10/h3-7,9,16,21H,2,8H2,1H3. The molecule has 21 heavy (non-hydrogen) atoms. The lowest BCUT2D eigenvalue weighted by molar-refractivity contribution is 0.502. The maximum absolute atomic E-state index is 13.3. The number of hydrogen-bond acceptors (Lipinski definition) is 1. The van der Waals surface area contributed by atoms with Gasteiger partial charge < -0.3 is 5.32 Å². The number of likely N-dealkylation sites (N-methyl/N-ethyl adjacent to an activating group) is 1. The number of hydrogen-bond donors (Lipinski definition) is 1. The van der Waals surface area contributed by atoms with Gasteiger partial charge >= 0.3 is 0 Å². The van der Waals surface area contributed by atoms with Crippen LogP contribution in [0.2, 0.25) is 5.02 Å². The van der Waals surface area contributed by atoms with Crippen molar-refractivity contribution >= 4 is 27.5 Å². The largest absolute Gasteiger partial charge is 0.310 e. The van der Waals surface area contributed by atoms with Crippen LogP contribution in [0, 0.1) is 11.6 Å². The Balaban J connectivity index is 2.28. The summed E-state index contributed by atoms with van der Waals surface area (Å²) in [7, 11) is 0. The zero-order valence-corrected chi connectivity index (χ0v) is 13.8. The fourth-order valence-electron chi connectivity index (χ4n) is 2.22. The second-order valence-corrected chi connectivity index (χ2v) is 6.02. The number of nitrogens with one attached hydrogen (secondary N) is 1. The fraction of sp³-hybridized carbons (Fsp3) is 0.250. The van der Waals surface area contributed by atoms with Crippen molar-refractivity contribution in [1.82, 2.24) is 5.32 Å². The van der Waals surface area contributed by atoms with E-state index in [-0.39, 0.29) is 6.04 Å². The lowest BCUT2D eigenvalue weighted by Gasteiger charge is -2.20. The third-order valence-electron chi connectivity index (χ3n) is 3.21. The van der Waals surface area contributed by atoms with Crippen molar-refractivity contribution in [3.8, 4) is 0 Å². The summed E-state index contributed by atoms with van der Waals surface area (Å²) in [5.41, 5.74) is 1.77. The highest BCUT2D eigenvalue weighted by Crippen LogP contribution is 2.29. The van der Waals surface area contributed by atoms with Gasteiger partial charge in [-0.05, 0) is 48.4 Å². The first-order valence-electron chi connectivity index (χ1n) is 6.63. The van der Waals surface area contributed by atoms with Crippen molar-refractivity contribution in [3.63, 3.8) is 0 Å². The topological polar surface area (TPSA) is 12.0 Å². The molecule has 1 N–H and O–H groups in total. The summed E-state index contributed by atoms with van der Waals surface area (Å²) in [5, 5.41) is 4.00. The van der Waals surface area contributed by atoms with E-state index in [0.29, 0.717) is 11.4 Å². The molecular weight excluding hydrogens is 360 g/mol. The summed E-state index contributed by atoms with van der Waals surface area (Å²) < 4.78 is 27.2. The van der Waals surface area contributed by atoms with Crippen LogP contribution in [-0.2, 0) is 6.42 Å².